The number of hydrogen-bond acceptors (Lipinski definition) is 4. The minimum atomic E-state index is -0.259. The van der Waals surface area contributed by atoms with Crippen LogP contribution in [0.1, 0.15) is 25.7 Å². The van der Waals surface area contributed by atoms with Crippen molar-refractivity contribution in [1.29, 1.82) is 10.5 Å². The van der Waals surface area contributed by atoms with Crippen LogP contribution in [-0.2, 0) is 4.79 Å². The smallest absolute Gasteiger partial charge is 0.237 e. The molecule has 0 bridgehead atoms. The van der Waals surface area contributed by atoms with Crippen molar-refractivity contribution in [2.75, 3.05) is 19.6 Å². The maximum atomic E-state index is 12.1. The average Bonchev–Trinajstić information content (AvgIpc) is 2.96. The van der Waals surface area contributed by atoms with E-state index in [9.17, 15) is 4.79 Å². The predicted molar refractivity (Wildman–Crippen MR) is 60.6 cm³/mol. The normalized spacial score (nSPS) is 28.9. The highest BCUT2D eigenvalue weighted by molar-refractivity contribution is 5.79. The van der Waals surface area contributed by atoms with Gasteiger partial charge in [0.15, 0.2) is 0 Å². The Kier molecular flexibility index (Phi) is 3.61. The fourth-order valence-corrected chi connectivity index (χ4v) is 2.63. The van der Waals surface area contributed by atoms with Gasteiger partial charge in [0.1, 0.15) is 6.04 Å². The second-order valence-corrected chi connectivity index (χ2v) is 4.63. The van der Waals surface area contributed by atoms with E-state index in [2.05, 4.69) is 12.1 Å². The highest BCUT2D eigenvalue weighted by Gasteiger charge is 2.32. The minimum Gasteiger partial charge on any atom is -0.326 e. The van der Waals surface area contributed by atoms with Crippen molar-refractivity contribution in [3.05, 3.63) is 0 Å². The summed E-state index contributed by atoms with van der Waals surface area (Å²) in [5.41, 5.74) is 0. The Hall–Kier alpha value is -1.59. The van der Waals surface area contributed by atoms with Gasteiger partial charge >= 0.3 is 0 Å². The van der Waals surface area contributed by atoms with E-state index >= 15 is 0 Å². The SMILES string of the molecule is N#C[C@@H]1CCCN1CC(=O)N1CCC[C@H]1C#N. The second-order valence-electron chi connectivity index (χ2n) is 4.63. The van der Waals surface area contributed by atoms with Crippen LogP contribution in [0.5, 0.6) is 0 Å². The van der Waals surface area contributed by atoms with Gasteiger partial charge in [0.2, 0.25) is 5.91 Å². The van der Waals surface area contributed by atoms with Gasteiger partial charge in [-0.2, -0.15) is 10.5 Å². The maximum absolute atomic E-state index is 12.1. The molecule has 90 valence electrons. The Balaban J connectivity index is 1.93. The number of rotatable bonds is 2. The molecule has 0 N–H and O–H groups in total. The van der Waals surface area contributed by atoms with Crippen molar-refractivity contribution in [3.8, 4) is 12.1 Å². The van der Waals surface area contributed by atoms with Crippen LogP contribution in [0.3, 0.4) is 0 Å². The van der Waals surface area contributed by atoms with Gasteiger partial charge < -0.3 is 4.90 Å². The van der Waals surface area contributed by atoms with E-state index in [4.69, 9.17) is 10.5 Å². The third-order valence-corrected chi connectivity index (χ3v) is 3.57. The van der Waals surface area contributed by atoms with E-state index in [0.717, 1.165) is 32.2 Å². The van der Waals surface area contributed by atoms with Gasteiger partial charge in [-0.15, -0.1) is 0 Å². The van der Waals surface area contributed by atoms with E-state index in [1.54, 1.807) is 4.90 Å². The Morgan fingerprint density at radius 3 is 2.47 bits per heavy atom. The van der Waals surface area contributed by atoms with Gasteiger partial charge in [0, 0.05) is 13.1 Å². The summed E-state index contributed by atoms with van der Waals surface area (Å²) in [6, 6.07) is 4.01. The summed E-state index contributed by atoms with van der Waals surface area (Å²) in [7, 11) is 0. The topological polar surface area (TPSA) is 71.1 Å². The number of hydrogen-bond donors (Lipinski definition) is 0. The lowest BCUT2D eigenvalue weighted by Gasteiger charge is -2.24. The molecule has 2 atom stereocenters. The molecule has 5 nitrogen and oxygen atoms in total. The molecule has 1 amide bonds. The monoisotopic (exact) mass is 232 g/mol. The Morgan fingerprint density at radius 1 is 1.12 bits per heavy atom. The van der Waals surface area contributed by atoms with Crippen molar-refractivity contribution in [2.45, 2.75) is 37.8 Å². The van der Waals surface area contributed by atoms with Crippen LogP contribution in [0.4, 0.5) is 0 Å². The molecule has 2 fully saturated rings. The van der Waals surface area contributed by atoms with E-state index in [0.29, 0.717) is 6.54 Å². The first-order valence-corrected chi connectivity index (χ1v) is 6.09. The summed E-state index contributed by atoms with van der Waals surface area (Å²) in [6.07, 6.45) is 3.52. The molecule has 0 saturated carbocycles. The van der Waals surface area contributed by atoms with Crippen molar-refractivity contribution in [1.82, 2.24) is 9.80 Å². The van der Waals surface area contributed by atoms with Gasteiger partial charge in [-0.1, -0.05) is 0 Å². The van der Waals surface area contributed by atoms with Gasteiger partial charge in [0.25, 0.3) is 0 Å². The summed E-state index contributed by atoms with van der Waals surface area (Å²) < 4.78 is 0. The number of likely N-dealkylation sites (tertiary alicyclic amines) is 2. The highest BCUT2D eigenvalue weighted by Crippen LogP contribution is 2.20. The van der Waals surface area contributed by atoms with Crippen LogP contribution in [0.15, 0.2) is 0 Å². The van der Waals surface area contributed by atoms with Gasteiger partial charge in [-0.3, -0.25) is 9.69 Å². The van der Waals surface area contributed by atoms with Crippen LogP contribution in [0.25, 0.3) is 0 Å². The molecule has 2 heterocycles. The molecule has 2 aliphatic heterocycles. The first-order chi connectivity index (χ1) is 8.26. The van der Waals surface area contributed by atoms with E-state index in [1.165, 1.54) is 0 Å². The summed E-state index contributed by atoms with van der Waals surface area (Å²) in [6.45, 7) is 1.79. The Morgan fingerprint density at radius 2 is 1.76 bits per heavy atom. The van der Waals surface area contributed by atoms with Crippen LogP contribution < -0.4 is 0 Å². The number of nitriles is 2. The van der Waals surface area contributed by atoms with E-state index in [1.807, 2.05) is 4.90 Å². The van der Waals surface area contributed by atoms with Crippen LogP contribution in [0.2, 0.25) is 0 Å². The van der Waals surface area contributed by atoms with Crippen LogP contribution in [0, 0.1) is 22.7 Å². The largest absolute Gasteiger partial charge is 0.326 e. The lowest BCUT2D eigenvalue weighted by molar-refractivity contribution is -0.132. The third kappa shape index (κ3) is 2.40. The highest BCUT2D eigenvalue weighted by atomic mass is 16.2. The molecule has 17 heavy (non-hydrogen) atoms. The molecule has 0 radical (unpaired) electrons. The second kappa shape index (κ2) is 5.16. The molecule has 0 spiro atoms. The fourth-order valence-electron chi connectivity index (χ4n) is 2.63. The number of nitrogens with zero attached hydrogens (tertiary/aromatic N) is 4. The van der Waals surface area contributed by atoms with Crippen molar-refractivity contribution in [3.63, 3.8) is 0 Å². The predicted octanol–water partition coefficient (Wildman–Crippen LogP) is 0.489. The molecule has 0 unspecified atom stereocenters. The molecule has 0 aliphatic carbocycles. The van der Waals surface area contributed by atoms with Gasteiger partial charge in [-0.05, 0) is 25.7 Å². The standard InChI is InChI=1S/C12H16N4O/c13-7-10-3-1-5-15(10)9-12(17)16-6-2-4-11(16)8-14/h10-11H,1-6,9H2/t10-,11-/m0/s1. The minimum absolute atomic E-state index is 0.00352. The van der Waals surface area contributed by atoms with E-state index in [-0.39, 0.29) is 24.5 Å². The molecule has 2 saturated heterocycles. The molecule has 2 rings (SSSR count). The van der Waals surface area contributed by atoms with Crippen molar-refractivity contribution in [2.24, 2.45) is 0 Å². The molecule has 0 aromatic carbocycles. The van der Waals surface area contributed by atoms with Crippen molar-refractivity contribution >= 4 is 5.91 Å². The van der Waals surface area contributed by atoms with Gasteiger partial charge in [0.05, 0.1) is 24.7 Å². The lowest BCUT2D eigenvalue weighted by Crippen LogP contribution is -2.43. The molecule has 0 aromatic heterocycles. The van der Waals surface area contributed by atoms with E-state index < -0.39 is 0 Å². The molecule has 2 aliphatic rings. The average molecular weight is 232 g/mol. The molecular formula is C12H16N4O. The quantitative estimate of drug-likeness (QED) is 0.694. The van der Waals surface area contributed by atoms with Crippen LogP contribution in [-0.4, -0.2) is 47.4 Å². The lowest BCUT2D eigenvalue weighted by atomic mass is 10.2. The zero-order valence-electron chi connectivity index (χ0n) is 9.80. The fraction of sp³-hybridized carbons (Fsp3) is 0.750. The summed E-state index contributed by atoms with van der Waals surface area (Å²) >= 11 is 0. The van der Waals surface area contributed by atoms with Crippen molar-refractivity contribution < 1.29 is 4.79 Å². The zero-order valence-corrected chi connectivity index (χ0v) is 9.80. The van der Waals surface area contributed by atoms with Gasteiger partial charge in [-0.25, -0.2) is 0 Å². The molecular weight excluding hydrogens is 216 g/mol. The first-order valence-electron chi connectivity index (χ1n) is 6.09. The zero-order chi connectivity index (χ0) is 12.3. The third-order valence-electron chi connectivity index (χ3n) is 3.57. The number of carbonyl (C=O) groups is 1. The Labute approximate surface area is 101 Å². The maximum Gasteiger partial charge on any atom is 0.237 e. The summed E-state index contributed by atoms with van der Waals surface area (Å²) in [4.78, 5) is 15.6. The molecule has 5 heteroatoms. The Bertz CT molecular complexity index is 381. The number of amides is 1. The number of carbonyl (C=O) groups excluding carboxylic acids is 1. The summed E-state index contributed by atoms with van der Waals surface area (Å²) in [5, 5.41) is 17.9. The first kappa shape index (κ1) is 11.9. The van der Waals surface area contributed by atoms with Crippen LogP contribution >= 0.6 is 0 Å². The summed E-state index contributed by atoms with van der Waals surface area (Å²) in [5.74, 6) is -0.00352. The molecule has 0 aromatic rings.